The molecule has 0 spiro atoms. The minimum atomic E-state index is 0.608. The Bertz CT molecular complexity index is 318. The fourth-order valence-corrected chi connectivity index (χ4v) is 1.73. The maximum atomic E-state index is 2.31. The van der Waals surface area contributed by atoms with Gasteiger partial charge < -0.3 is 4.90 Å². The minimum Gasteiger partial charge on any atom is -0.305 e. The minimum absolute atomic E-state index is 0.608. The molecular weight excluding hydrogens is 181 g/mol. The molecule has 2 heteroatoms. The van der Waals surface area contributed by atoms with Crippen molar-refractivity contribution in [1.29, 1.82) is 0 Å². The Hall–Kier alpha value is -0.755. The molecule has 0 saturated heterocycles. The second kappa shape index (κ2) is 5.36. The summed E-state index contributed by atoms with van der Waals surface area (Å²) in [4.78, 5) is 2.21. The summed E-state index contributed by atoms with van der Waals surface area (Å²) in [5.74, 6) is 0.608. The van der Waals surface area contributed by atoms with Gasteiger partial charge in [-0.25, -0.2) is 0 Å². The molecule has 0 fully saturated rings. The highest BCUT2D eigenvalue weighted by Crippen LogP contribution is 2.13. The quantitative estimate of drug-likeness (QED) is 0.677. The number of nitrogens with zero attached hydrogens (tertiary/aromatic N) is 1. The molecule has 1 radical (unpaired) electrons. The Balaban J connectivity index is 2.98. The summed E-state index contributed by atoms with van der Waals surface area (Å²) in [7, 11) is 6.41. The van der Waals surface area contributed by atoms with Gasteiger partial charge in [0.15, 0.2) is 0 Å². The second-order valence-electron chi connectivity index (χ2n) is 4.64. The van der Waals surface area contributed by atoms with Gasteiger partial charge >= 0.3 is 0 Å². The molecule has 0 heterocycles. The van der Waals surface area contributed by atoms with Gasteiger partial charge in [-0.15, -0.1) is 0 Å². The third-order valence-corrected chi connectivity index (χ3v) is 2.63. The van der Waals surface area contributed by atoms with E-state index in [4.69, 9.17) is 0 Å². The van der Waals surface area contributed by atoms with Crippen molar-refractivity contribution < 1.29 is 0 Å². The van der Waals surface area contributed by atoms with Crippen LogP contribution in [0.1, 0.15) is 30.9 Å². The first kappa shape index (κ1) is 12.3. The Morgan fingerprint density at radius 2 is 1.93 bits per heavy atom. The van der Waals surface area contributed by atoms with E-state index in [9.17, 15) is 0 Å². The summed E-state index contributed by atoms with van der Waals surface area (Å²) in [6, 6.07) is 6.81. The van der Waals surface area contributed by atoms with Gasteiger partial charge in [0.25, 0.3) is 0 Å². The Morgan fingerprint density at radius 3 is 2.40 bits per heavy atom. The molecule has 0 aliphatic carbocycles. The monoisotopic (exact) mass is 202 g/mol. The standard InChI is InChI=1S/C13H21BN/c1-10(2)11-6-7-12(9-15(4)5)13(8-11)14-3/h6-8,10H,9H2,1-5H3. The molecule has 0 unspecified atom stereocenters. The summed E-state index contributed by atoms with van der Waals surface area (Å²) in [5, 5.41) is 0. The van der Waals surface area contributed by atoms with Crippen molar-refractivity contribution in [3.63, 3.8) is 0 Å². The highest BCUT2D eigenvalue weighted by Gasteiger charge is 2.05. The number of rotatable bonds is 4. The predicted octanol–water partition coefficient (Wildman–Crippen LogP) is 2.25. The fraction of sp³-hybridized carbons (Fsp3) is 0.538. The zero-order valence-electron chi connectivity index (χ0n) is 10.5. The van der Waals surface area contributed by atoms with Gasteiger partial charge in [-0.2, -0.15) is 0 Å². The van der Waals surface area contributed by atoms with Crippen molar-refractivity contribution in [2.24, 2.45) is 0 Å². The van der Waals surface area contributed by atoms with Crippen LogP contribution in [0.15, 0.2) is 18.2 Å². The van der Waals surface area contributed by atoms with Crippen LogP contribution in [0.3, 0.4) is 0 Å². The zero-order chi connectivity index (χ0) is 11.4. The molecule has 0 bridgehead atoms. The van der Waals surface area contributed by atoms with E-state index in [-0.39, 0.29) is 0 Å². The SMILES string of the molecule is C[B]c1cc(C(C)C)ccc1CN(C)C. The number of benzene rings is 1. The van der Waals surface area contributed by atoms with Crippen molar-refractivity contribution in [2.75, 3.05) is 14.1 Å². The average molecular weight is 202 g/mol. The van der Waals surface area contributed by atoms with Crippen molar-refractivity contribution >= 4 is 12.7 Å². The van der Waals surface area contributed by atoms with Crippen molar-refractivity contribution in [3.05, 3.63) is 29.3 Å². The number of hydrogen-bond donors (Lipinski definition) is 0. The van der Waals surface area contributed by atoms with Gasteiger partial charge in [-0.05, 0) is 31.1 Å². The Kier molecular flexibility index (Phi) is 4.40. The van der Waals surface area contributed by atoms with E-state index < -0.39 is 0 Å². The smallest absolute Gasteiger partial charge is 0.148 e. The fourth-order valence-electron chi connectivity index (χ4n) is 1.73. The molecule has 1 nitrogen and oxygen atoms in total. The third kappa shape index (κ3) is 3.38. The molecule has 0 amide bonds. The lowest BCUT2D eigenvalue weighted by Crippen LogP contribution is -2.23. The molecule has 0 N–H and O–H groups in total. The zero-order valence-corrected chi connectivity index (χ0v) is 10.5. The Morgan fingerprint density at radius 1 is 1.27 bits per heavy atom. The van der Waals surface area contributed by atoms with Gasteiger partial charge in [0.05, 0.1) is 0 Å². The van der Waals surface area contributed by atoms with E-state index in [1.165, 1.54) is 16.6 Å². The van der Waals surface area contributed by atoms with Crippen LogP contribution in [0.4, 0.5) is 0 Å². The first-order valence-electron chi connectivity index (χ1n) is 5.61. The van der Waals surface area contributed by atoms with Crippen LogP contribution < -0.4 is 5.46 Å². The second-order valence-corrected chi connectivity index (χ2v) is 4.64. The van der Waals surface area contributed by atoms with Gasteiger partial charge in [-0.1, -0.05) is 44.3 Å². The number of hydrogen-bond acceptors (Lipinski definition) is 1. The molecule has 1 rings (SSSR count). The first-order chi connectivity index (χ1) is 7.04. The summed E-state index contributed by atoms with van der Waals surface area (Å²) >= 11 is 0. The molecule has 81 valence electrons. The average Bonchev–Trinajstić information content (AvgIpc) is 2.17. The molecule has 15 heavy (non-hydrogen) atoms. The van der Waals surface area contributed by atoms with Crippen LogP contribution in [0.2, 0.25) is 6.82 Å². The lowest BCUT2D eigenvalue weighted by Gasteiger charge is -2.15. The molecule has 1 aromatic rings. The lowest BCUT2D eigenvalue weighted by molar-refractivity contribution is 0.403. The summed E-state index contributed by atoms with van der Waals surface area (Å²) in [5.41, 5.74) is 4.20. The first-order valence-corrected chi connectivity index (χ1v) is 5.61. The van der Waals surface area contributed by atoms with Crippen molar-refractivity contribution in [2.45, 2.75) is 33.1 Å². The van der Waals surface area contributed by atoms with Crippen molar-refractivity contribution in [3.8, 4) is 0 Å². The van der Waals surface area contributed by atoms with Crippen LogP contribution >= 0.6 is 0 Å². The highest BCUT2D eigenvalue weighted by atomic mass is 15.0. The molecule has 1 aromatic carbocycles. The maximum absolute atomic E-state index is 2.31. The van der Waals surface area contributed by atoms with Crippen LogP contribution in [0, 0.1) is 0 Å². The van der Waals surface area contributed by atoms with Gasteiger partial charge in [0, 0.05) is 6.54 Å². The van der Waals surface area contributed by atoms with E-state index >= 15 is 0 Å². The van der Waals surface area contributed by atoms with E-state index in [0.717, 1.165) is 6.54 Å². The normalized spacial score (nSPS) is 11.1. The van der Waals surface area contributed by atoms with Gasteiger partial charge in [0.1, 0.15) is 7.28 Å². The topological polar surface area (TPSA) is 3.24 Å². The summed E-state index contributed by atoms with van der Waals surface area (Å²) in [6.45, 7) is 7.59. The molecule has 0 saturated carbocycles. The molecule has 0 aliphatic rings. The molecule has 0 aromatic heterocycles. The lowest BCUT2D eigenvalue weighted by atomic mass is 9.70. The molecule has 0 aliphatic heterocycles. The van der Waals surface area contributed by atoms with E-state index in [0.29, 0.717) is 5.92 Å². The summed E-state index contributed by atoms with van der Waals surface area (Å²) in [6.07, 6.45) is 0. The van der Waals surface area contributed by atoms with Gasteiger partial charge in [-0.3, -0.25) is 0 Å². The van der Waals surface area contributed by atoms with E-state index in [1.807, 2.05) is 0 Å². The predicted molar refractivity (Wildman–Crippen MR) is 69.2 cm³/mol. The van der Waals surface area contributed by atoms with Crippen LogP contribution in [0.25, 0.3) is 0 Å². The maximum Gasteiger partial charge on any atom is 0.148 e. The van der Waals surface area contributed by atoms with Gasteiger partial charge in [0.2, 0.25) is 0 Å². The van der Waals surface area contributed by atoms with E-state index in [2.05, 4.69) is 65.1 Å². The highest BCUT2D eigenvalue weighted by molar-refractivity contribution is 6.52. The molecular formula is C13H21BN. The van der Waals surface area contributed by atoms with Crippen LogP contribution in [0.5, 0.6) is 0 Å². The van der Waals surface area contributed by atoms with Crippen LogP contribution in [-0.2, 0) is 6.54 Å². The van der Waals surface area contributed by atoms with Crippen LogP contribution in [-0.4, -0.2) is 26.3 Å². The third-order valence-electron chi connectivity index (χ3n) is 2.63. The largest absolute Gasteiger partial charge is 0.305 e. The summed E-state index contributed by atoms with van der Waals surface area (Å²) < 4.78 is 0. The van der Waals surface area contributed by atoms with Crippen molar-refractivity contribution in [1.82, 2.24) is 4.90 Å². The Labute approximate surface area is 94.7 Å². The molecule has 0 atom stereocenters. The van der Waals surface area contributed by atoms with E-state index in [1.54, 1.807) is 0 Å².